The summed E-state index contributed by atoms with van der Waals surface area (Å²) in [6.07, 6.45) is 5.99. The summed E-state index contributed by atoms with van der Waals surface area (Å²) in [6, 6.07) is 1.64. The van der Waals surface area contributed by atoms with Crippen molar-refractivity contribution < 1.29 is 9.32 Å². The maximum Gasteiger partial charge on any atom is 0.252 e. The molecule has 0 bridgehead atoms. The Kier molecular flexibility index (Phi) is 3.68. The monoisotopic (exact) mass is 327 g/mol. The standard InChI is InChI=1S/C15H17N7O2/c1-2-12-18-14(20-24-12)10-5-3-7-21(10)13(23)9-11-17-15-16-6-4-8-22(15)19-11/h4,6,8,10H,2-3,5,7,9H2,1H3. The molecule has 0 aliphatic carbocycles. The summed E-state index contributed by atoms with van der Waals surface area (Å²) in [4.78, 5) is 27.2. The van der Waals surface area contributed by atoms with Gasteiger partial charge in [0.2, 0.25) is 11.8 Å². The van der Waals surface area contributed by atoms with E-state index in [0.29, 0.717) is 36.3 Å². The third-order valence-corrected chi connectivity index (χ3v) is 4.13. The molecule has 0 aromatic carbocycles. The minimum atomic E-state index is -0.128. The van der Waals surface area contributed by atoms with Crippen molar-refractivity contribution in [3.05, 3.63) is 36.0 Å². The quantitative estimate of drug-likeness (QED) is 0.703. The Labute approximate surface area is 137 Å². The van der Waals surface area contributed by atoms with Gasteiger partial charge in [-0.05, 0) is 18.9 Å². The van der Waals surface area contributed by atoms with Crippen molar-refractivity contribution in [3.63, 3.8) is 0 Å². The van der Waals surface area contributed by atoms with Crippen molar-refractivity contribution in [3.8, 4) is 0 Å². The lowest BCUT2D eigenvalue weighted by Gasteiger charge is -2.21. The summed E-state index contributed by atoms with van der Waals surface area (Å²) in [5.74, 6) is 2.10. The summed E-state index contributed by atoms with van der Waals surface area (Å²) in [6.45, 7) is 2.64. The minimum Gasteiger partial charge on any atom is -0.339 e. The maximum absolute atomic E-state index is 12.7. The molecule has 24 heavy (non-hydrogen) atoms. The molecule has 1 saturated heterocycles. The predicted octanol–water partition coefficient (Wildman–Crippen LogP) is 0.976. The predicted molar refractivity (Wildman–Crippen MR) is 81.9 cm³/mol. The van der Waals surface area contributed by atoms with E-state index in [1.54, 1.807) is 27.9 Å². The van der Waals surface area contributed by atoms with Crippen LogP contribution in [0.3, 0.4) is 0 Å². The summed E-state index contributed by atoms with van der Waals surface area (Å²) in [5.41, 5.74) is 0. The fraction of sp³-hybridized carbons (Fsp3) is 0.467. The lowest BCUT2D eigenvalue weighted by molar-refractivity contribution is -0.131. The van der Waals surface area contributed by atoms with Crippen molar-refractivity contribution in [2.75, 3.05) is 6.54 Å². The van der Waals surface area contributed by atoms with Crippen LogP contribution >= 0.6 is 0 Å². The van der Waals surface area contributed by atoms with Crippen LogP contribution in [0.25, 0.3) is 5.78 Å². The van der Waals surface area contributed by atoms with E-state index in [1.807, 2.05) is 6.92 Å². The van der Waals surface area contributed by atoms with Crippen LogP contribution in [0.15, 0.2) is 23.0 Å². The molecular formula is C15H17N7O2. The topological polar surface area (TPSA) is 102 Å². The molecule has 124 valence electrons. The molecule has 1 amide bonds. The zero-order valence-electron chi connectivity index (χ0n) is 13.3. The highest BCUT2D eigenvalue weighted by atomic mass is 16.5. The summed E-state index contributed by atoms with van der Waals surface area (Å²) < 4.78 is 6.74. The minimum absolute atomic E-state index is 0.0312. The van der Waals surface area contributed by atoms with Gasteiger partial charge < -0.3 is 9.42 Å². The Bertz CT molecular complexity index is 838. The number of rotatable bonds is 4. The van der Waals surface area contributed by atoms with Crippen LogP contribution in [-0.4, -0.2) is 47.1 Å². The Morgan fingerprint density at radius 2 is 2.33 bits per heavy atom. The van der Waals surface area contributed by atoms with E-state index in [9.17, 15) is 4.79 Å². The normalized spacial score (nSPS) is 17.7. The fourth-order valence-electron chi connectivity index (χ4n) is 2.97. The molecule has 9 nitrogen and oxygen atoms in total. The first kappa shape index (κ1) is 14.7. The van der Waals surface area contributed by atoms with Gasteiger partial charge in [0, 0.05) is 25.4 Å². The second kappa shape index (κ2) is 5.99. The van der Waals surface area contributed by atoms with Crippen LogP contribution < -0.4 is 0 Å². The molecule has 4 heterocycles. The SMILES string of the molecule is CCc1nc(C2CCCN2C(=O)Cc2nc3ncccn3n2)no1. The van der Waals surface area contributed by atoms with Gasteiger partial charge in [0.1, 0.15) is 0 Å². The van der Waals surface area contributed by atoms with Crippen LogP contribution in [0.2, 0.25) is 0 Å². The van der Waals surface area contributed by atoms with Crippen LogP contribution in [0.5, 0.6) is 0 Å². The molecule has 3 aromatic rings. The maximum atomic E-state index is 12.7. The Hall–Kier alpha value is -2.84. The van der Waals surface area contributed by atoms with E-state index in [1.165, 1.54) is 0 Å². The van der Waals surface area contributed by atoms with Crippen molar-refractivity contribution in [1.29, 1.82) is 0 Å². The van der Waals surface area contributed by atoms with Crippen LogP contribution in [-0.2, 0) is 17.6 Å². The van der Waals surface area contributed by atoms with E-state index < -0.39 is 0 Å². The molecular weight excluding hydrogens is 310 g/mol. The lowest BCUT2D eigenvalue weighted by atomic mass is 10.2. The van der Waals surface area contributed by atoms with Gasteiger partial charge in [-0.3, -0.25) is 4.79 Å². The van der Waals surface area contributed by atoms with E-state index in [0.717, 1.165) is 12.8 Å². The van der Waals surface area contributed by atoms with E-state index in [2.05, 4.69) is 25.2 Å². The van der Waals surface area contributed by atoms with Crippen LogP contribution in [0.1, 0.15) is 43.3 Å². The number of likely N-dealkylation sites (tertiary alicyclic amines) is 1. The average Bonchev–Trinajstić information content (AvgIpc) is 3.31. The molecule has 0 N–H and O–H groups in total. The van der Waals surface area contributed by atoms with Crippen LogP contribution in [0.4, 0.5) is 0 Å². The number of nitrogens with zero attached hydrogens (tertiary/aromatic N) is 7. The number of fused-ring (bicyclic) bond motifs is 1. The number of aromatic nitrogens is 6. The molecule has 3 aromatic heterocycles. The largest absolute Gasteiger partial charge is 0.339 e. The van der Waals surface area contributed by atoms with Gasteiger partial charge >= 0.3 is 0 Å². The number of amides is 1. The second-order valence-corrected chi connectivity index (χ2v) is 5.71. The Balaban J connectivity index is 1.52. The first-order chi connectivity index (χ1) is 11.7. The molecule has 1 aliphatic rings. The number of hydrogen-bond donors (Lipinski definition) is 0. The number of hydrogen-bond acceptors (Lipinski definition) is 7. The number of carbonyl (C=O) groups excluding carboxylic acids is 1. The summed E-state index contributed by atoms with van der Waals surface area (Å²) >= 11 is 0. The van der Waals surface area contributed by atoms with Gasteiger partial charge in [0.05, 0.1) is 12.5 Å². The highest BCUT2D eigenvalue weighted by Gasteiger charge is 2.33. The molecule has 1 fully saturated rings. The van der Waals surface area contributed by atoms with Gasteiger partial charge in [-0.2, -0.15) is 9.97 Å². The Morgan fingerprint density at radius 1 is 1.42 bits per heavy atom. The molecule has 1 atom stereocenters. The summed E-state index contributed by atoms with van der Waals surface area (Å²) in [7, 11) is 0. The Morgan fingerprint density at radius 3 is 3.12 bits per heavy atom. The molecule has 9 heteroatoms. The van der Waals surface area contributed by atoms with Crippen molar-refractivity contribution in [2.45, 2.75) is 38.6 Å². The highest BCUT2D eigenvalue weighted by molar-refractivity contribution is 5.78. The van der Waals surface area contributed by atoms with Crippen LogP contribution in [0, 0.1) is 0 Å². The third-order valence-electron chi connectivity index (χ3n) is 4.13. The van der Waals surface area contributed by atoms with E-state index in [-0.39, 0.29) is 18.4 Å². The second-order valence-electron chi connectivity index (χ2n) is 5.71. The molecule has 1 aliphatic heterocycles. The molecule has 4 rings (SSSR count). The van der Waals surface area contributed by atoms with Crippen molar-refractivity contribution in [2.24, 2.45) is 0 Å². The van der Waals surface area contributed by atoms with Gasteiger partial charge in [0.15, 0.2) is 11.6 Å². The highest BCUT2D eigenvalue weighted by Crippen LogP contribution is 2.30. The zero-order chi connectivity index (χ0) is 16.5. The smallest absolute Gasteiger partial charge is 0.252 e. The molecule has 0 spiro atoms. The lowest BCUT2D eigenvalue weighted by Crippen LogP contribution is -2.32. The number of carbonyl (C=O) groups is 1. The van der Waals surface area contributed by atoms with Gasteiger partial charge in [-0.25, -0.2) is 9.50 Å². The average molecular weight is 327 g/mol. The van der Waals surface area contributed by atoms with E-state index in [4.69, 9.17) is 4.52 Å². The first-order valence-electron chi connectivity index (χ1n) is 8.03. The molecule has 0 radical (unpaired) electrons. The fourth-order valence-corrected chi connectivity index (χ4v) is 2.97. The number of aryl methyl sites for hydroxylation is 1. The van der Waals surface area contributed by atoms with E-state index >= 15 is 0 Å². The first-order valence-corrected chi connectivity index (χ1v) is 8.03. The van der Waals surface area contributed by atoms with Crippen molar-refractivity contribution in [1.82, 2.24) is 34.6 Å². The molecule has 0 saturated carbocycles. The van der Waals surface area contributed by atoms with Gasteiger partial charge in [-0.15, -0.1) is 5.10 Å². The molecule has 1 unspecified atom stereocenters. The van der Waals surface area contributed by atoms with Crippen molar-refractivity contribution >= 4 is 11.7 Å². The van der Waals surface area contributed by atoms with Gasteiger partial charge in [-0.1, -0.05) is 12.1 Å². The zero-order valence-corrected chi connectivity index (χ0v) is 13.3. The third kappa shape index (κ3) is 2.61. The van der Waals surface area contributed by atoms with Gasteiger partial charge in [0.25, 0.3) is 5.78 Å². The summed E-state index contributed by atoms with van der Waals surface area (Å²) in [5, 5.41) is 8.30.